The van der Waals surface area contributed by atoms with Crippen LogP contribution in [0.2, 0.25) is 0 Å². The van der Waals surface area contributed by atoms with E-state index in [2.05, 4.69) is 0 Å². The van der Waals surface area contributed by atoms with Gasteiger partial charge in [-0.25, -0.2) is 4.79 Å². The average molecular weight is 916 g/mol. The maximum Gasteiger partial charge on any atom is 0.329 e. The van der Waals surface area contributed by atoms with Crippen molar-refractivity contribution in [2.45, 2.75) is 179 Å². The number of carbonyl (C=O) groups is 5. The Hall–Kier alpha value is -3.41. The molecule has 3 heterocycles. The summed E-state index contributed by atoms with van der Waals surface area (Å²) in [6.45, 7) is 10.5. The molecule has 3 fully saturated rings. The molecular weight excluding hydrogens is 839 g/mol. The van der Waals surface area contributed by atoms with Gasteiger partial charge in [0.1, 0.15) is 36.2 Å². The van der Waals surface area contributed by atoms with Crippen LogP contribution in [0.5, 0.6) is 0 Å². The summed E-state index contributed by atoms with van der Waals surface area (Å²) in [5, 5.41) is 44.6. The van der Waals surface area contributed by atoms with Gasteiger partial charge in [0, 0.05) is 52.6 Å². The van der Waals surface area contributed by atoms with Gasteiger partial charge in [-0.05, 0) is 107 Å². The van der Waals surface area contributed by atoms with Gasteiger partial charge < -0.3 is 49.0 Å². The van der Waals surface area contributed by atoms with Crippen molar-refractivity contribution in [3.63, 3.8) is 0 Å². The van der Waals surface area contributed by atoms with E-state index in [1.54, 1.807) is 47.1 Å². The molecule has 1 unspecified atom stereocenters. The van der Waals surface area contributed by atoms with Crippen LogP contribution in [0, 0.1) is 29.6 Å². The first-order chi connectivity index (χ1) is 30.7. The predicted molar refractivity (Wildman–Crippen MR) is 242 cm³/mol. The molecule has 15 heteroatoms. The summed E-state index contributed by atoms with van der Waals surface area (Å²) in [4.78, 5) is 71.4. The molecule has 1 saturated carbocycles. The fourth-order valence-electron chi connectivity index (χ4n) is 9.82. The van der Waals surface area contributed by atoms with Gasteiger partial charge >= 0.3 is 5.97 Å². The minimum atomic E-state index is -2.45. The zero-order chi connectivity index (χ0) is 48.2. The third kappa shape index (κ3) is 14.3. The van der Waals surface area contributed by atoms with Crippen LogP contribution >= 0.6 is 0 Å². The van der Waals surface area contributed by atoms with Crippen molar-refractivity contribution >= 4 is 29.2 Å². The van der Waals surface area contributed by atoms with Crippen molar-refractivity contribution in [2.75, 3.05) is 27.9 Å². The Balaban J connectivity index is 1.70. The first-order valence-corrected chi connectivity index (χ1v) is 23.6. The number of esters is 1. The van der Waals surface area contributed by atoms with Gasteiger partial charge in [0.25, 0.3) is 11.7 Å². The van der Waals surface area contributed by atoms with Gasteiger partial charge in [0.05, 0.1) is 24.4 Å². The third-order valence-electron chi connectivity index (χ3n) is 14.2. The molecule has 0 radical (unpaired) electrons. The number of nitrogens with zero attached hydrogens (tertiary/aromatic N) is 1. The number of fused-ring (bicyclic) bond motifs is 3. The minimum Gasteiger partial charge on any atom is -0.460 e. The Bertz CT molecular complexity index is 1760. The van der Waals surface area contributed by atoms with E-state index in [0.717, 1.165) is 5.57 Å². The number of carbonyl (C=O) groups excluding carboxylic acids is 5. The zero-order valence-corrected chi connectivity index (χ0v) is 40.1. The Morgan fingerprint density at radius 2 is 1.57 bits per heavy atom. The lowest BCUT2D eigenvalue weighted by atomic mass is 9.78. The fourth-order valence-corrected chi connectivity index (χ4v) is 9.82. The number of rotatable bonds is 6. The molecule has 15 nitrogen and oxygen atoms in total. The molecule has 0 aromatic carbocycles. The number of hydrogen-bond donors (Lipinski definition) is 4. The third-order valence-corrected chi connectivity index (χ3v) is 14.2. The van der Waals surface area contributed by atoms with Crippen LogP contribution in [0.15, 0.2) is 47.6 Å². The van der Waals surface area contributed by atoms with E-state index in [9.17, 15) is 44.4 Å². The summed E-state index contributed by atoms with van der Waals surface area (Å²) < 4.78 is 29.1. The standard InChI is InChI=1S/C50H77NO14/c1-29-15-11-10-12-16-30(2)41(61-7)27-36-20-18-34(6)50(60,65-36)47(57)48(58)51-22-14-13-17-37(51)49(59)64-42(32(4)25-35-19-21-38(52)43(26-35)62-8)28-39(53)31(3)24-33(5)44(55)46(63-9)45(56)40(54)23-29/h10-12,15-16,24,29,31-32,34-38,40-44,46,52,54-55,60H,13-14,17-23,25-28H2,1-9H3/b12-10+,15-11+,30-16+,33-24+/t29-,31-,32-,34-,35+,36+,37+,38-,40?,41+,42+,43-,44-,46-,50-/m1/s1. The van der Waals surface area contributed by atoms with Gasteiger partial charge in [0.2, 0.25) is 5.79 Å². The van der Waals surface area contributed by atoms with Gasteiger partial charge in [-0.3, -0.25) is 19.2 Å². The van der Waals surface area contributed by atoms with Gasteiger partial charge in [0.15, 0.2) is 5.78 Å². The molecule has 2 bridgehead atoms. The Labute approximate surface area is 385 Å². The SMILES string of the molecule is CO[C@H]1C[C@@H]2CC[C@@H](C)[C@@](O)(O2)C(=O)C(=O)N2CCCC[C@H]2C(=O)O[C@H]([C@H](C)C[C@@H]2CC[C@@H](O)[C@H](OC)C2)CC(=O)[C@H](C)/C=C(\C)[C@@H](O)[C@@H](OC)C(=O)C(O)C[C@H](C)/C=C/C=C/C=C/1C. The molecule has 65 heavy (non-hydrogen) atoms. The molecule has 0 aromatic rings. The largest absolute Gasteiger partial charge is 0.460 e. The summed E-state index contributed by atoms with van der Waals surface area (Å²) in [7, 11) is 4.37. The molecule has 2 saturated heterocycles. The number of allylic oxidation sites excluding steroid dienone is 6. The second kappa shape index (κ2) is 25.1. The van der Waals surface area contributed by atoms with Crippen LogP contribution in [0.25, 0.3) is 0 Å². The second-order valence-corrected chi connectivity index (χ2v) is 19.2. The van der Waals surface area contributed by atoms with Crippen molar-refractivity contribution in [2.24, 2.45) is 29.6 Å². The molecule has 15 atom stereocenters. The number of amides is 1. The first-order valence-electron chi connectivity index (χ1n) is 23.6. The van der Waals surface area contributed by atoms with Crippen molar-refractivity contribution in [1.82, 2.24) is 4.90 Å². The highest BCUT2D eigenvalue weighted by atomic mass is 16.6. The van der Waals surface area contributed by atoms with Crippen molar-refractivity contribution in [1.29, 1.82) is 0 Å². The lowest BCUT2D eigenvalue weighted by Crippen LogP contribution is -2.61. The van der Waals surface area contributed by atoms with E-state index in [4.69, 9.17) is 23.7 Å². The minimum absolute atomic E-state index is 0.0684. The zero-order valence-electron chi connectivity index (χ0n) is 40.1. The van der Waals surface area contributed by atoms with E-state index < -0.39 is 89.8 Å². The topological polar surface area (TPSA) is 216 Å². The normalized spacial score (nSPS) is 40.4. The lowest BCUT2D eigenvalue weighted by Gasteiger charge is -2.42. The number of hydrogen-bond acceptors (Lipinski definition) is 14. The molecule has 1 amide bonds. The van der Waals surface area contributed by atoms with Crippen LogP contribution < -0.4 is 0 Å². The summed E-state index contributed by atoms with van der Waals surface area (Å²) in [5.41, 5.74) is 1.12. The number of Topliss-reactive ketones (excluding diaryl/α,β-unsaturated/α-hetero) is 3. The monoisotopic (exact) mass is 916 g/mol. The molecule has 0 aromatic heterocycles. The van der Waals surface area contributed by atoms with E-state index in [1.807, 2.05) is 39.0 Å². The van der Waals surface area contributed by atoms with Crippen LogP contribution in [-0.4, -0.2) is 143 Å². The molecule has 0 spiro atoms. The number of ether oxygens (including phenoxy) is 5. The molecular formula is C50H77NO14. The first kappa shape index (κ1) is 54.2. The molecule has 4 N–H and O–H groups in total. The number of cyclic esters (lactones) is 1. The van der Waals surface area contributed by atoms with E-state index >= 15 is 0 Å². The van der Waals surface area contributed by atoms with Crippen molar-refractivity contribution in [3.05, 3.63) is 47.6 Å². The number of aliphatic hydroxyl groups excluding tert-OH is 3. The van der Waals surface area contributed by atoms with Gasteiger partial charge in [-0.1, -0.05) is 64.2 Å². The maximum absolute atomic E-state index is 14.3. The highest BCUT2D eigenvalue weighted by molar-refractivity contribution is 6.39. The Morgan fingerprint density at radius 1 is 0.846 bits per heavy atom. The van der Waals surface area contributed by atoms with Gasteiger partial charge in [-0.15, -0.1) is 0 Å². The molecule has 366 valence electrons. The smallest absolute Gasteiger partial charge is 0.329 e. The van der Waals surface area contributed by atoms with Crippen molar-refractivity contribution < 1.29 is 68.1 Å². The Kier molecular flexibility index (Phi) is 20.9. The van der Waals surface area contributed by atoms with Crippen LogP contribution in [0.3, 0.4) is 0 Å². The molecule has 4 aliphatic rings. The number of aliphatic hydroxyl groups is 4. The highest BCUT2D eigenvalue weighted by Crippen LogP contribution is 2.37. The van der Waals surface area contributed by atoms with Crippen LogP contribution in [0.4, 0.5) is 0 Å². The quantitative estimate of drug-likeness (QED) is 0.158. The second-order valence-electron chi connectivity index (χ2n) is 19.2. The van der Waals surface area contributed by atoms with Crippen LogP contribution in [0.1, 0.15) is 119 Å². The number of piperidine rings is 1. The van der Waals surface area contributed by atoms with E-state index in [0.29, 0.717) is 51.4 Å². The summed E-state index contributed by atoms with van der Waals surface area (Å²) >= 11 is 0. The molecule has 4 rings (SSSR count). The van der Waals surface area contributed by atoms with Crippen LogP contribution in [-0.2, 0) is 47.7 Å². The average Bonchev–Trinajstić information content (AvgIpc) is 3.28. The predicted octanol–water partition coefficient (Wildman–Crippen LogP) is 4.91. The number of ketones is 3. The van der Waals surface area contributed by atoms with E-state index in [1.165, 1.54) is 18.1 Å². The fraction of sp³-hybridized carbons (Fsp3) is 0.740. The Morgan fingerprint density at radius 3 is 2.25 bits per heavy atom. The molecule has 3 aliphatic heterocycles. The lowest BCUT2D eigenvalue weighted by molar-refractivity contribution is -0.265. The van der Waals surface area contributed by atoms with Gasteiger partial charge in [-0.2, -0.15) is 0 Å². The summed E-state index contributed by atoms with van der Waals surface area (Å²) in [6, 6.07) is -1.16. The summed E-state index contributed by atoms with van der Waals surface area (Å²) in [5.74, 6) is -8.46. The highest BCUT2D eigenvalue weighted by Gasteiger charge is 2.53. The number of methoxy groups -OCH3 is 3. The van der Waals surface area contributed by atoms with E-state index in [-0.39, 0.29) is 67.4 Å². The molecule has 1 aliphatic carbocycles. The van der Waals surface area contributed by atoms with Crippen molar-refractivity contribution in [3.8, 4) is 0 Å². The maximum atomic E-state index is 14.3. The summed E-state index contributed by atoms with van der Waals surface area (Å²) in [6.07, 6.45) is 7.99.